The third-order valence-electron chi connectivity index (χ3n) is 8.31. The summed E-state index contributed by atoms with van der Waals surface area (Å²) in [4.78, 5) is 16.9. The molecule has 0 bridgehead atoms. The average molecular weight is 641 g/mol. The molecule has 4 aromatic rings. The third kappa shape index (κ3) is 7.08. The van der Waals surface area contributed by atoms with E-state index in [1.807, 2.05) is 12.1 Å². The van der Waals surface area contributed by atoms with Crippen molar-refractivity contribution in [3.63, 3.8) is 0 Å². The van der Waals surface area contributed by atoms with E-state index in [0.717, 1.165) is 32.8 Å². The summed E-state index contributed by atoms with van der Waals surface area (Å²) in [7, 11) is 51.6. The van der Waals surface area contributed by atoms with Gasteiger partial charge < -0.3 is 15.1 Å². The van der Waals surface area contributed by atoms with Crippen LogP contribution in [0.2, 0.25) is 0 Å². The monoisotopic (exact) mass is 642 g/mol. The molecule has 1 fully saturated rings. The van der Waals surface area contributed by atoms with Crippen molar-refractivity contribution in [2.24, 2.45) is 0 Å². The molecule has 0 saturated carbocycles. The SMILES string of the molecule is Cc1ccc(C)c(C#Cc2cnc3cccnn23)c1.[B]C1([B])N(C)C([B])([B])C([B])([B])N(Cc2ccc(NC=O)cc2C(F)(F)P)C1([B])[B]. The summed E-state index contributed by atoms with van der Waals surface area (Å²) < 4.78 is 30.2. The van der Waals surface area contributed by atoms with Crippen LogP contribution in [0.5, 0.6) is 0 Å². The molecule has 1 amide bonds. The number of rotatable bonds is 5. The van der Waals surface area contributed by atoms with Crippen LogP contribution in [-0.4, -0.2) is 122 Å². The van der Waals surface area contributed by atoms with Gasteiger partial charge in [-0.25, -0.2) is 9.50 Å². The number of nitrogens with zero attached hydrogens (tertiary/aromatic N) is 5. The van der Waals surface area contributed by atoms with Crippen LogP contribution in [-0.2, 0) is 17.0 Å². The first-order valence-electron chi connectivity index (χ1n) is 14.4. The summed E-state index contributed by atoms with van der Waals surface area (Å²) in [5.41, 5.74) is 1.35. The van der Waals surface area contributed by atoms with Gasteiger partial charge in [-0.3, -0.25) is 4.79 Å². The van der Waals surface area contributed by atoms with E-state index in [4.69, 9.17) is 62.8 Å². The van der Waals surface area contributed by atoms with E-state index in [0.29, 0.717) is 6.41 Å². The standard InChI is InChI=1S/C16H13N3.C14H12B8F2N3OP/c1-12-5-6-13(2)14(10-12)7-8-15-11-17-16-4-3-9-18-19(15)16;1-26-11(15,16)13(19,20)27(14(21,22)12(26,17)18)5-7-2-3-8(25-6-28)4-9(7)10(23,24)29/h3-6,9-11H,1-2H3;2-4,6H,5,29H2,1H3,(H,25,28). The van der Waals surface area contributed by atoms with Crippen molar-refractivity contribution in [2.75, 3.05) is 12.4 Å². The van der Waals surface area contributed by atoms with Crippen molar-refractivity contribution >= 4 is 89.8 Å². The van der Waals surface area contributed by atoms with Gasteiger partial charge >= 0.3 is 0 Å². The Bertz CT molecular complexity index is 1860. The lowest BCUT2D eigenvalue weighted by molar-refractivity contribution is -0.105. The van der Waals surface area contributed by atoms with E-state index in [9.17, 15) is 13.6 Å². The van der Waals surface area contributed by atoms with Crippen molar-refractivity contribution < 1.29 is 13.6 Å². The maximum absolute atomic E-state index is 14.2. The van der Waals surface area contributed by atoms with E-state index < -0.39 is 39.1 Å². The van der Waals surface area contributed by atoms with Gasteiger partial charge in [-0.05, 0) is 73.8 Å². The zero-order chi connectivity index (χ0) is 35.9. The van der Waals surface area contributed by atoms with Crippen molar-refractivity contribution in [1.82, 2.24) is 24.4 Å². The number of imidazole rings is 1. The van der Waals surface area contributed by atoms with Crippen molar-refractivity contribution in [3.8, 4) is 11.8 Å². The van der Waals surface area contributed by atoms with Crippen LogP contribution < -0.4 is 5.32 Å². The number of amides is 1. The molecule has 48 heavy (non-hydrogen) atoms. The number of carbonyl (C=O) groups is 1. The summed E-state index contributed by atoms with van der Waals surface area (Å²) in [6, 6.07) is 13.8. The number of fused-ring (bicyclic) bond motifs is 1. The van der Waals surface area contributed by atoms with Gasteiger partial charge in [0.15, 0.2) is 5.65 Å². The Kier molecular flexibility index (Phi) is 10.7. The Morgan fingerprint density at radius 3 is 2.19 bits per heavy atom. The molecule has 1 saturated heterocycles. The second-order valence-corrected chi connectivity index (χ2v) is 12.4. The van der Waals surface area contributed by atoms with E-state index >= 15 is 0 Å². The van der Waals surface area contributed by atoms with Crippen LogP contribution in [0.3, 0.4) is 0 Å². The highest BCUT2D eigenvalue weighted by Gasteiger charge is 2.58. The normalized spacial score (nSPS) is 18.1. The number of anilines is 1. The number of likely N-dealkylation sites (N-methyl/N-ethyl adjacent to an activating group) is 1. The van der Waals surface area contributed by atoms with Crippen molar-refractivity contribution in [1.29, 1.82) is 0 Å². The van der Waals surface area contributed by atoms with E-state index in [2.05, 4.69) is 59.3 Å². The number of hydrogen-bond acceptors (Lipinski definition) is 5. The molecule has 1 N–H and O–H groups in total. The first-order chi connectivity index (χ1) is 22.2. The van der Waals surface area contributed by atoms with Gasteiger partial charge in [0.2, 0.25) is 6.41 Å². The van der Waals surface area contributed by atoms with Gasteiger partial charge in [0, 0.05) is 29.6 Å². The quantitative estimate of drug-likeness (QED) is 0.150. The summed E-state index contributed by atoms with van der Waals surface area (Å²) in [6.07, 6.45) is 3.84. The molecule has 1 unspecified atom stereocenters. The summed E-state index contributed by atoms with van der Waals surface area (Å²) in [5.74, 6) is 6.34. The molecule has 1 aliphatic heterocycles. The molecule has 1 aliphatic rings. The number of hydrogen-bond donors (Lipinski definition) is 1. The number of aromatic nitrogens is 3. The lowest BCUT2D eigenvalue weighted by Crippen LogP contribution is -2.90. The fourth-order valence-electron chi connectivity index (χ4n) is 5.11. The summed E-state index contributed by atoms with van der Waals surface area (Å²) >= 11 is 0. The highest BCUT2D eigenvalue weighted by Crippen LogP contribution is 2.44. The molecule has 7 nitrogen and oxygen atoms in total. The predicted molar refractivity (Wildman–Crippen MR) is 195 cm³/mol. The van der Waals surface area contributed by atoms with Crippen LogP contribution in [0, 0.1) is 25.7 Å². The lowest BCUT2D eigenvalue weighted by atomic mass is 9.26. The highest BCUT2D eigenvalue weighted by atomic mass is 31.0. The molecule has 2 aromatic heterocycles. The number of nitrogens with one attached hydrogen (secondary N) is 1. The molecule has 0 spiro atoms. The van der Waals surface area contributed by atoms with Crippen LogP contribution in [0.25, 0.3) is 5.65 Å². The van der Waals surface area contributed by atoms with Crippen LogP contribution >= 0.6 is 9.24 Å². The fraction of sp³-hybridized carbons (Fsp3) is 0.300. The van der Waals surface area contributed by atoms with E-state index in [1.165, 1.54) is 39.5 Å². The largest absolute Gasteiger partial charge is 0.329 e. The zero-order valence-electron chi connectivity index (χ0n) is 26.7. The minimum atomic E-state index is -3.38. The smallest absolute Gasteiger partial charge is 0.284 e. The Labute approximate surface area is 293 Å². The third-order valence-corrected chi connectivity index (χ3v) is 8.62. The Morgan fingerprint density at radius 1 is 0.938 bits per heavy atom. The number of piperazine rings is 1. The van der Waals surface area contributed by atoms with Gasteiger partial charge in [0.1, 0.15) is 5.69 Å². The second kappa shape index (κ2) is 13.6. The fourth-order valence-corrected chi connectivity index (χ4v) is 5.38. The maximum atomic E-state index is 14.2. The molecule has 224 valence electrons. The first kappa shape index (κ1) is 37.6. The van der Waals surface area contributed by atoms with Gasteiger partial charge in [0.05, 0.1) is 69.0 Å². The zero-order valence-corrected chi connectivity index (χ0v) is 27.8. The van der Waals surface area contributed by atoms with Gasteiger partial charge in [0.25, 0.3) is 5.66 Å². The number of carbonyl (C=O) groups excluding carboxylic acids is 1. The Balaban J connectivity index is 0.000000235. The van der Waals surface area contributed by atoms with Gasteiger partial charge in [-0.1, -0.05) is 54.7 Å². The van der Waals surface area contributed by atoms with Crippen LogP contribution in [0.1, 0.15) is 33.5 Å². The van der Waals surface area contributed by atoms with Gasteiger partial charge in [-0.2, -0.15) is 13.9 Å². The van der Waals surface area contributed by atoms with Gasteiger partial charge in [-0.15, -0.1) is 0 Å². The Morgan fingerprint density at radius 2 is 1.58 bits per heavy atom. The lowest BCUT2D eigenvalue weighted by Gasteiger charge is -2.75. The number of benzene rings is 2. The van der Waals surface area contributed by atoms with Crippen LogP contribution in [0.15, 0.2) is 60.9 Å². The molecule has 3 heterocycles. The number of halogens is 2. The molecular formula is C30H25B8F2N6OP. The molecule has 5 rings (SSSR count). The van der Waals surface area contributed by atoms with Crippen molar-refractivity contribution in [3.05, 3.63) is 94.4 Å². The first-order valence-corrected chi connectivity index (χ1v) is 14.9. The average Bonchev–Trinajstić information content (AvgIpc) is 3.42. The Hall–Kier alpha value is -3.18. The van der Waals surface area contributed by atoms with E-state index in [1.54, 1.807) is 16.9 Å². The number of alkyl halides is 2. The maximum Gasteiger partial charge on any atom is 0.284 e. The molecular weight excluding hydrogens is 616 g/mol. The molecule has 18 heteroatoms. The summed E-state index contributed by atoms with van der Waals surface area (Å²) in [5, 5.41) is -1.87. The highest BCUT2D eigenvalue weighted by molar-refractivity contribution is 7.17. The molecule has 16 radical (unpaired) electrons. The summed E-state index contributed by atoms with van der Waals surface area (Å²) in [6.45, 7) is 3.69. The molecule has 2 aromatic carbocycles. The van der Waals surface area contributed by atoms with E-state index in [-0.39, 0.29) is 11.3 Å². The minimum Gasteiger partial charge on any atom is -0.329 e. The predicted octanol–water partition coefficient (Wildman–Crippen LogP) is 0.636. The van der Waals surface area contributed by atoms with Crippen molar-refractivity contribution in [2.45, 2.75) is 47.4 Å². The minimum absolute atomic E-state index is 0.0122. The molecule has 0 aliphatic carbocycles. The second-order valence-electron chi connectivity index (χ2n) is 11.7. The van der Waals surface area contributed by atoms with Crippen LogP contribution in [0.4, 0.5) is 14.5 Å². The topological polar surface area (TPSA) is 65.8 Å². The molecule has 1 atom stereocenters. The number of aryl methyl sites for hydroxylation is 2.